The van der Waals surface area contributed by atoms with Crippen molar-refractivity contribution in [2.24, 2.45) is 0 Å². The average molecular weight is 446 g/mol. The summed E-state index contributed by atoms with van der Waals surface area (Å²) < 4.78 is 27.6. The van der Waals surface area contributed by atoms with Crippen molar-refractivity contribution in [3.05, 3.63) is 67.8 Å². The Morgan fingerprint density at radius 3 is 2.60 bits per heavy atom. The van der Waals surface area contributed by atoms with Crippen molar-refractivity contribution < 1.29 is 18.4 Å². The van der Waals surface area contributed by atoms with E-state index in [1.54, 1.807) is 18.2 Å². The maximum absolute atomic E-state index is 13.0. The van der Waals surface area contributed by atoms with Gasteiger partial charge < -0.3 is 5.11 Å². The maximum Gasteiger partial charge on any atom is 0.289 e. The molecule has 3 rings (SSSR count). The fourth-order valence-electron chi connectivity index (χ4n) is 2.47. The van der Waals surface area contributed by atoms with E-state index in [1.165, 1.54) is 18.3 Å². The van der Waals surface area contributed by atoms with Gasteiger partial charge in [0, 0.05) is 27.7 Å². The normalized spacial score (nSPS) is 11.8. The van der Waals surface area contributed by atoms with E-state index >= 15 is 0 Å². The number of hydrogen-bond donors (Lipinski definition) is 1. The van der Waals surface area contributed by atoms with Crippen molar-refractivity contribution >= 4 is 54.1 Å². The van der Waals surface area contributed by atoms with Crippen LogP contribution < -0.4 is 0 Å². The Bertz CT molecular complexity index is 1110. The maximum atomic E-state index is 13.0. The van der Waals surface area contributed by atoms with Gasteiger partial charge in [0.2, 0.25) is 0 Å². The van der Waals surface area contributed by atoms with Crippen LogP contribution in [0.2, 0.25) is 5.02 Å². The molecule has 0 atom stereocenters. The first-order valence-electron chi connectivity index (χ1n) is 6.85. The largest absolute Gasteiger partial charge is 0.392 e. The third kappa shape index (κ3) is 3.04. The predicted octanol–water partition coefficient (Wildman–Crippen LogP) is 3.69. The quantitative estimate of drug-likeness (QED) is 0.487. The topological polar surface area (TPSA) is 102 Å². The van der Waals surface area contributed by atoms with Gasteiger partial charge in [-0.3, -0.25) is 10.1 Å². The number of nitrogens with zero attached hydrogens (tertiary/aromatic N) is 2. The van der Waals surface area contributed by atoms with E-state index in [1.807, 2.05) is 0 Å². The van der Waals surface area contributed by atoms with Crippen molar-refractivity contribution in [3.8, 4) is 0 Å². The Kier molecular flexibility index (Phi) is 4.58. The first kappa shape index (κ1) is 17.9. The summed E-state index contributed by atoms with van der Waals surface area (Å²) in [5.41, 5.74) is 0.272. The average Bonchev–Trinajstić information content (AvgIpc) is 2.93. The van der Waals surface area contributed by atoms with Gasteiger partial charge in [0.25, 0.3) is 15.7 Å². The second-order valence-corrected chi connectivity index (χ2v) is 8.28. The van der Waals surface area contributed by atoms with Crippen molar-refractivity contribution in [2.75, 3.05) is 0 Å². The second kappa shape index (κ2) is 6.41. The zero-order valence-electron chi connectivity index (χ0n) is 12.4. The minimum Gasteiger partial charge on any atom is -0.392 e. The monoisotopic (exact) mass is 444 g/mol. The molecule has 0 amide bonds. The lowest BCUT2D eigenvalue weighted by Crippen LogP contribution is -2.12. The number of aliphatic hydroxyl groups excluding tert-OH is 1. The molecule has 0 saturated heterocycles. The van der Waals surface area contributed by atoms with Crippen molar-refractivity contribution in [2.45, 2.75) is 11.5 Å². The highest BCUT2D eigenvalue weighted by atomic mass is 79.9. The van der Waals surface area contributed by atoms with E-state index in [0.717, 1.165) is 10.0 Å². The third-order valence-corrected chi connectivity index (χ3v) is 6.14. The molecule has 25 heavy (non-hydrogen) atoms. The van der Waals surface area contributed by atoms with Gasteiger partial charge in [-0.05, 0) is 24.3 Å². The smallest absolute Gasteiger partial charge is 0.289 e. The molecule has 130 valence electrons. The van der Waals surface area contributed by atoms with E-state index in [2.05, 4.69) is 15.9 Å². The number of fused-ring (bicyclic) bond motifs is 1. The lowest BCUT2D eigenvalue weighted by Gasteiger charge is -2.08. The van der Waals surface area contributed by atoms with Crippen LogP contribution in [0, 0.1) is 10.1 Å². The first-order chi connectivity index (χ1) is 11.8. The van der Waals surface area contributed by atoms with Crippen LogP contribution in [-0.4, -0.2) is 22.4 Å². The molecule has 0 aliphatic rings. The SMILES string of the molecule is O=[N+]([O-])c1cc(S(=O)(=O)n2cc(CO)c3ccc(Br)cc32)ccc1Cl. The van der Waals surface area contributed by atoms with Gasteiger partial charge in [0.15, 0.2) is 0 Å². The van der Waals surface area contributed by atoms with E-state index in [-0.39, 0.29) is 16.5 Å². The molecule has 0 radical (unpaired) electrons. The van der Waals surface area contributed by atoms with Crippen LogP contribution in [0.1, 0.15) is 5.56 Å². The van der Waals surface area contributed by atoms with Gasteiger partial charge in [-0.2, -0.15) is 0 Å². The summed E-state index contributed by atoms with van der Waals surface area (Å²) in [5, 5.41) is 20.9. The number of halogens is 2. The van der Waals surface area contributed by atoms with Gasteiger partial charge in [0.1, 0.15) is 5.02 Å². The lowest BCUT2D eigenvalue weighted by atomic mass is 10.2. The van der Waals surface area contributed by atoms with E-state index in [4.69, 9.17) is 11.6 Å². The molecule has 0 saturated carbocycles. The zero-order valence-corrected chi connectivity index (χ0v) is 15.5. The summed E-state index contributed by atoms with van der Waals surface area (Å²) in [7, 11) is -4.12. The fraction of sp³-hybridized carbons (Fsp3) is 0.0667. The summed E-state index contributed by atoms with van der Waals surface area (Å²) >= 11 is 9.03. The van der Waals surface area contributed by atoms with Crippen molar-refractivity contribution in [1.29, 1.82) is 0 Å². The van der Waals surface area contributed by atoms with Crippen LogP contribution in [-0.2, 0) is 16.6 Å². The Labute approximate surface area is 155 Å². The standard InChI is InChI=1S/C15H10BrClN2O5S/c16-10-1-3-12-9(8-20)7-18(14(12)5-10)25(23,24)11-2-4-13(17)15(6-11)19(21)22/h1-7,20H,8H2. The van der Waals surface area contributed by atoms with E-state index in [9.17, 15) is 23.6 Å². The van der Waals surface area contributed by atoms with Gasteiger partial charge in [-0.1, -0.05) is 33.6 Å². The fourth-order valence-corrected chi connectivity index (χ4v) is 4.41. The molecule has 1 heterocycles. The predicted molar refractivity (Wildman–Crippen MR) is 96.3 cm³/mol. The van der Waals surface area contributed by atoms with Crippen LogP contribution in [0.4, 0.5) is 5.69 Å². The molecule has 0 aliphatic heterocycles. The van der Waals surface area contributed by atoms with E-state index < -0.39 is 20.6 Å². The summed E-state index contributed by atoms with van der Waals surface area (Å²) in [4.78, 5) is 10.0. The molecule has 0 bridgehead atoms. The van der Waals surface area contributed by atoms with Crippen molar-refractivity contribution in [1.82, 2.24) is 3.97 Å². The highest BCUT2D eigenvalue weighted by Gasteiger charge is 2.24. The Balaban J connectivity index is 2.29. The summed E-state index contributed by atoms with van der Waals surface area (Å²) in [6.07, 6.45) is 1.30. The highest BCUT2D eigenvalue weighted by molar-refractivity contribution is 9.10. The number of nitro benzene ring substituents is 1. The number of aromatic nitrogens is 1. The van der Waals surface area contributed by atoms with Crippen LogP contribution in [0.25, 0.3) is 10.9 Å². The molecule has 0 unspecified atom stereocenters. The van der Waals surface area contributed by atoms with Gasteiger partial charge in [-0.25, -0.2) is 12.4 Å². The van der Waals surface area contributed by atoms with Crippen molar-refractivity contribution in [3.63, 3.8) is 0 Å². The molecule has 2 aromatic carbocycles. The highest BCUT2D eigenvalue weighted by Crippen LogP contribution is 2.31. The summed E-state index contributed by atoms with van der Waals surface area (Å²) in [5.74, 6) is 0. The molecule has 7 nitrogen and oxygen atoms in total. The number of aliphatic hydroxyl groups is 1. The molecule has 0 fully saturated rings. The van der Waals surface area contributed by atoms with Crippen LogP contribution in [0.3, 0.4) is 0 Å². The van der Waals surface area contributed by atoms with E-state index in [0.29, 0.717) is 20.9 Å². The molecule has 3 aromatic rings. The Morgan fingerprint density at radius 2 is 1.96 bits per heavy atom. The number of rotatable bonds is 4. The number of benzene rings is 2. The molecular formula is C15H10BrClN2O5S. The number of hydrogen-bond acceptors (Lipinski definition) is 5. The van der Waals surface area contributed by atoms with Crippen LogP contribution in [0.5, 0.6) is 0 Å². The first-order valence-corrected chi connectivity index (χ1v) is 9.46. The molecular weight excluding hydrogens is 436 g/mol. The number of nitro groups is 1. The minimum atomic E-state index is -4.12. The Morgan fingerprint density at radius 1 is 1.24 bits per heavy atom. The van der Waals surface area contributed by atoms with Gasteiger partial charge in [0.05, 0.1) is 21.9 Å². The van der Waals surface area contributed by atoms with Crippen LogP contribution in [0.15, 0.2) is 52.0 Å². The lowest BCUT2D eigenvalue weighted by molar-refractivity contribution is -0.384. The molecule has 0 spiro atoms. The second-order valence-electron chi connectivity index (χ2n) is 5.15. The molecule has 0 aliphatic carbocycles. The minimum absolute atomic E-state index is 0.153. The summed E-state index contributed by atoms with van der Waals surface area (Å²) in [6, 6.07) is 8.29. The van der Waals surface area contributed by atoms with Gasteiger partial charge in [-0.15, -0.1) is 0 Å². The summed E-state index contributed by atoms with van der Waals surface area (Å²) in [6.45, 7) is -0.346. The van der Waals surface area contributed by atoms with Gasteiger partial charge >= 0.3 is 0 Å². The molecule has 10 heteroatoms. The third-order valence-electron chi connectivity index (χ3n) is 3.66. The Hall–Kier alpha value is -1.94. The zero-order chi connectivity index (χ0) is 18.4. The molecule has 1 N–H and O–H groups in total. The van der Waals surface area contributed by atoms with Crippen LogP contribution >= 0.6 is 27.5 Å². The molecule has 1 aromatic heterocycles.